The molecule has 8 nitrogen and oxygen atoms in total. The van der Waals surface area contributed by atoms with E-state index in [0.717, 1.165) is 11.1 Å². The minimum atomic E-state index is -0.742. The number of nitrogens with zero attached hydrogens (tertiary/aromatic N) is 2. The number of rotatable bonds is 8. The third kappa shape index (κ3) is 5.10. The van der Waals surface area contributed by atoms with E-state index in [2.05, 4.69) is 10.4 Å². The SMILES string of the molecule is COCC(N)C(=O)Nc1c(C)cnn1Cc1ccc(OC)c(OC)c1.Cl. The normalized spacial score (nSPS) is 11.4. The molecule has 2 rings (SSSR count). The summed E-state index contributed by atoms with van der Waals surface area (Å²) in [4.78, 5) is 12.1. The van der Waals surface area contributed by atoms with Gasteiger partial charge in [0.05, 0.1) is 33.6 Å². The Morgan fingerprint density at radius 1 is 1.27 bits per heavy atom. The highest BCUT2D eigenvalue weighted by Gasteiger charge is 2.17. The fourth-order valence-electron chi connectivity index (χ4n) is 2.38. The number of halogens is 1. The summed E-state index contributed by atoms with van der Waals surface area (Å²) >= 11 is 0. The number of aryl methyl sites for hydroxylation is 1. The molecule has 0 aliphatic heterocycles. The molecule has 0 aliphatic carbocycles. The van der Waals surface area contributed by atoms with Gasteiger partial charge >= 0.3 is 0 Å². The van der Waals surface area contributed by atoms with E-state index in [9.17, 15) is 4.79 Å². The highest BCUT2D eigenvalue weighted by molar-refractivity contribution is 5.94. The Bertz CT molecular complexity index is 736. The lowest BCUT2D eigenvalue weighted by atomic mass is 10.2. The van der Waals surface area contributed by atoms with Crippen molar-refractivity contribution >= 4 is 24.1 Å². The summed E-state index contributed by atoms with van der Waals surface area (Å²) in [5.41, 5.74) is 7.57. The second-order valence-electron chi connectivity index (χ2n) is 5.57. The number of ether oxygens (including phenoxy) is 3. The Morgan fingerprint density at radius 2 is 1.96 bits per heavy atom. The van der Waals surface area contributed by atoms with Crippen LogP contribution in [0.3, 0.4) is 0 Å². The number of hydrogen-bond donors (Lipinski definition) is 2. The molecule has 0 fully saturated rings. The Labute approximate surface area is 159 Å². The summed E-state index contributed by atoms with van der Waals surface area (Å²) in [6.45, 7) is 2.48. The first kappa shape index (κ1) is 21.8. The van der Waals surface area contributed by atoms with Crippen molar-refractivity contribution in [3.05, 3.63) is 35.5 Å². The van der Waals surface area contributed by atoms with Gasteiger partial charge in [0.2, 0.25) is 5.91 Å². The molecule has 0 spiro atoms. The van der Waals surface area contributed by atoms with Crippen LogP contribution < -0.4 is 20.5 Å². The van der Waals surface area contributed by atoms with Crippen molar-refractivity contribution in [2.75, 3.05) is 33.3 Å². The molecule has 1 aromatic carbocycles. The summed E-state index contributed by atoms with van der Waals surface area (Å²) < 4.78 is 17.2. The number of amides is 1. The van der Waals surface area contributed by atoms with E-state index >= 15 is 0 Å². The zero-order valence-corrected chi connectivity index (χ0v) is 16.1. The lowest BCUT2D eigenvalue weighted by molar-refractivity contribution is -0.118. The Balaban J connectivity index is 0.00000338. The van der Waals surface area contributed by atoms with E-state index in [1.54, 1.807) is 25.1 Å². The van der Waals surface area contributed by atoms with Gasteiger partial charge in [-0.2, -0.15) is 5.10 Å². The van der Waals surface area contributed by atoms with Crippen molar-refractivity contribution in [1.29, 1.82) is 0 Å². The van der Waals surface area contributed by atoms with Gasteiger partial charge in [-0.3, -0.25) is 4.79 Å². The standard InChI is InChI=1S/C17H24N4O4.ClH/c1-11-8-19-21(16(11)20-17(22)13(18)10-23-2)9-12-5-6-14(24-3)15(7-12)25-4;/h5-8,13H,9-10,18H2,1-4H3,(H,20,22);1H. The minimum absolute atomic E-state index is 0. The monoisotopic (exact) mass is 384 g/mol. The maximum absolute atomic E-state index is 12.1. The van der Waals surface area contributed by atoms with Crippen LogP contribution in [0.25, 0.3) is 0 Å². The lowest BCUT2D eigenvalue weighted by Gasteiger charge is -2.14. The maximum atomic E-state index is 12.1. The number of aromatic nitrogens is 2. The Hall–Kier alpha value is -2.29. The molecule has 1 amide bonds. The van der Waals surface area contributed by atoms with Crippen LogP contribution in [0, 0.1) is 6.92 Å². The minimum Gasteiger partial charge on any atom is -0.493 e. The highest BCUT2D eigenvalue weighted by atomic mass is 35.5. The van der Waals surface area contributed by atoms with Crippen molar-refractivity contribution in [2.45, 2.75) is 19.5 Å². The number of benzene rings is 1. The van der Waals surface area contributed by atoms with Crippen LogP contribution in [-0.4, -0.2) is 49.7 Å². The van der Waals surface area contributed by atoms with E-state index in [0.29, 0.717) is 23.9 Å². The van der Waals surface area contributed by atoms with Crippen LogP contribution in [0.4, 0.5) is 5.82 Å². The molecule has 26 heavy (non-hydrogen) atoms. The van der Waals surface area contributed by atoms with Gasteiger partial charge in [0.1, 0.15) is 11.9 Å². The van der Waals surface area contributed by atoms with Crippen molar-refractivity contribution in [1.82, 2.24) is 9.78 Å². The van der Waals surface area contributed by atoms with Crippen LogP contribution in [0.1, 0.15) is 11.1 Å². The zero-order chi connectivity index (χ0) is 18.4. The molecule has 1 atom stereocenters. The fourth-order valence-corrected chi connectivity index (χ4v) is 2.38. The van der Waals surface area contributed by atoms with Crippen LogP contribution in [0.15, 0.2) is 24.4 Å². The molecule has 0 bridgehead atoms. The average Bonchev–Trinajstić information content (AvgIpc) is 2.95. The molecule has 1 unspecified atom stereocenters. The molecule has 0 saturated heterocycles. The molecular weight excluding hydrogens is 360 g/mol. The highest BCUT2D eigenvalue weighted by Crippen LogP contribution is 2.28. The second kappa shape index (κ2) is 10.0. The van der Waals surface area contributed by atoms with Crippen molar-refractivity contribution < 1.29 is 19.0 Å². The summed E-state index contributed by atoms with van der Waals surface area (Å²) in [7, 11) is 4.67. The first-order chi connectivity index (χ1) is 12.0. The predicted octanol–water partition coefficient (Wildman–Crippen LogP) is 1.59. The molecule has 0 saturated carbocycles. The van der Waals surface area contributed by atoms with Gasteiger partial charge in [-0.1, -0.05) is 6.07 Å². The molecule has 3 N–H and O–H groups in total. The number of methoxy groups -OCH3 is 3. The first-order valence-electron chi connectivity index (χ1n) is 7.78. The quantitative estimate of drug-likeness (QED) is 0.716. The average molecular weight is 385 g/mol. The zero-order valence-electron chi connectivity index (χ0n) is 15.3. The summed E-state index contributed by atoms with van der Waals surface area (Å²) in [5.74, 6) is 1.57. The van der Waals surface area contributed by atoms with Crippen LogP contribution in [0.5, 0.6) is 11.5 Å². The van der Waals surface area contributed by atoms with Gasteiger partial charge < -0.3 is 25.3 Å². The fraction of sp³-hybridized carbons (Fsp3) is 0.412. The summed E-state index contributed by atoms with van der Waals surface area (Å²) in [5, 5.41) is 7.14. The lowest BCUT2D eigenvalue weighted by Crippen LogP contribution is -2.39. The number of nitrogens with one attached hydrogen (secondary N) is 1. The molecule has 9 heteroatoms. The molecule has 144 valence electrons. The number of anilines is 1. The smallest absolute Gasteiger partial charge is 0.244 e. The van der Waals surface area contributed by atoms with E-state index < -0.39 is 6.04 Å². The van der Waals surface area contributed by atoms with Crippen molar-refractivity contribution in [3.63, 3.8) is 0 Å². The van der Waals surface area contributed by atoms with E-state index in [4.69, 9.17) is 19.9 Å². The molecule has 1 aromatic heterocycles. The third-order valence-corrected chi connectivity index (χ3v) is 3.73. The number of hydrogen-bond acceptors (Lipinski definition) is 6. The summed E-state index contributed by atoms with van der Waals surface area (Å²) in [6, 6.07) is 4.88. The third-order valence-electron chi connectivity index (χ3n) is 3.73. The first-order valence-corrected chi connectivity index (χ1v) is 7.78. The molecule has 0 aliphatic rings. The van der Waals surface area contributed by atoms with E-state index in [1.165, 1.54) is 7.11 Å². The maximum Gasteiger partial charge on any atom is 0.244 e. The molecule has 0 radical (unpaired) electrons. The van der Waals surface area contributed by atoms with Gasteiger partial charge in [-0.05, 0) is 24.6 Å². The van der Waals surface area contributed by atoms with E-state index in [1.807, 2.05) is 25.1 Å². The van der Waals surface area contributed by atoms with Gasteiger partial charge in [0.25, 0.3) is 0 Å². The number of nitrogens with two attached hydrogens (primary N) is 1. The van der Waals surface area contributed by atoms with Crippen LogP contribution >= 0.6 is 12.4 Å². The largest absolute Gasteiger partial charge is 0.493 e. The van der Waals surface area contributed by atoms with E-state index in [-0.39, 0.29) is 24.9 Å². The van der Waals surface area contributed by atoms with Gasteiger partial charge in [0.15, 0.2) is 11.5 Å². The number of carbonyl (C=O) groups excluding carboxylic acids is 1. The summed E-state index contributed by atoms with van der Waals surface area (Å²) in [6.07, 6.45) is 1.69. The number of carbonyl (C=O) groups is 1. The van der Waals surface area contributed by atoms with Crippen molar-refractivity contribution in [2.24, 2.45) is 5.73 Å². The van der Waals surface area contributed by atoms with Gasteiger partial charge in [0, 0.05) is 12.7 Å². The van der Waals surface area contributed by atoms with Gasteiger partial charge in [-0.25, -0.2) is 4.68 Å². The Morgan fingerprint density at radius 3 is 2.58 bits per heavy atom. The second-order valence-corrected chi connectivity index (χ2v) is 5.57. The van der Waals surface area contributed by atoms with Crippen LogP contribution in [-0.2, 0) is 16.1 Å². The predicted molar refractivity (Wildman–Crippen MR) is 101 cm³/mol. The van der Waals surface area contributed by atoms with Crippen molar-refractivity contribution in [3.8, 4) is 11.5 Å². The topological polar surface area (TPSA) is 101 Å². The Kier molecular flexibility index (Phi) is 8.37. The molecular formula is C17H25ClN4O4. The molecule has 1 heterocycles. The van der Waals surface area contributed by atoms with Gasteiger partial charge in [-0.15, -0.1) is 12.4 Å². The van der Waals surface area contributed by atoms with Crippen LogP contribution in [0.2, 0.25) is 0 Å². The molecule has 2 aromatic rings.